The molecule has 2 unspecified atom stereocenters. The van der Waals surface area contributed by atoms with Crippen molar-refractivity contribution in [2.45, 2.75) is 37.8 Å². The minimum Gasteiger partial charge on any atom is -0.381 e. The van der Waals surface area contributed by atoms with Gasteiger partial charge >= 0.3 is 6.18 Å². The Hall–Kier alpha value is -1.44. The lowest BCUT2D eigenvalue weighted by Crippen LogP contribution is -2.27. The minimum absolute atomic E-state index is 0.0839. The molecule has 0 radical (unpaired) electrons. The van der Waals surface area contributed by atoms with E-state index in [4.69, 9.17) is 9.26 Å². The number of rotatable bonds is 3. The molecule has 0 bridgehead atoms. The average Bonchev–Trinajstić information content (AvgIpc) is 2.86. The molecule has 8 heteroatoms. The third kappa shape index (κ3) is 3.12. The number of nitrogens with zero attached hydrogens (tertiary/aromatic N) is 2. The Morgan fingerprint density at radius 1 is 1.47 bits per heavy atom. The van der Waals surface area contributed by atoms with Crippen molar-refractivity contribution in [3.8, 4) is 0 Å². The zero-order chi connectivity index (χ0) is 14.0. The van der Waals surface area contributed by atoms with Crippen molar-refractivity contribution >= 4 is 5.78 Å². The summed E-state index contributed by atoms with van der Waals surface area (Å²) >= 11 is 0. The highest BCUT2D eigenvalue weighted by Crippen LogP contribution is 2.28. The first-order valence-electron chi connectivity index (χ1n) is 5.92. The molecule has 0 aliphatic carbocycles. The molecule has 2 atom stereocenters. The molecule has 0 spiro atoms. The predicted octanol–water partition coefficient (Wildman–Crippen LogP) is 2.20. The van der Waals surface area contributed by atoms with Crippen molar-refractivity contribution in [1.82, 2.24) is 10.1 Å². The molecule has 1 aliphatic heterocycles. The Balaban J connectivity index is 2.10. The smallest absolute Gasteiger partial charge is 0.381 e. The molecule has 0 saturated carbocycles. The van der Waals surface area contributed by atoms with E-state index in [0.29, 0.717) is 19.0 Å². The quantitative estimate of drug-likeness (QED) is 0.848. The van der Waals surface area contributed by atoms with Crippen molar-refractivity contribution in [1.29, 1.82) is 0 Å². The zero-order valence-corrected chi connectivity index (χ0v) is 10.2. The Bertz CT molecular complexity index is 452. The molecular weight excluding hydrogens is 265 g/mol. The summed E-state index contributed by atoms with van der Waals surface area (Å²) < 4.78 is 46.9. The number of hydrogen-bond donors (Lipinski definition) is 0. The van der Waals surface area contributed by atoms with Gasteiger partial charge in [0.1, 0.15) is 5.92 Å². The minimum atomic E-state index is -4.90. The molecule has 5 nitrogen and oxygen atoms in total. The molecule has 19 heavy (non-hydrogen) atoms. The third-order valence-corrected chi connectivity index (χ3v) is 3.03. The summed E-state index contributed by atoms with van der Waals surface area (Å²) in [5, 5.41) is 3.64. The summed E-state index contributed by atoms with van der Waals surface area (Å²) in [6.45, 7) is 2.18. The molecule has 2 rings (SSSR count). The van der Waals surface area contributed by atoms with Crippen molar-refractivity contribution < 1.29 is 27.2 Å². The third-order valence-electron chi connectivity index (χ3n) is 3.03. The van der Waals surface area contributed by atoms with Crippen LogP contribution in [0.5, 0.6) is 0 Å². The standard InChI is InChI=1S/C11H13F3N2O3/c1-6(8(17)11(12,13)14)10-15-9(16-19-10)7-3-2-4-18-5-7/h6-7H,2-5H2,1H3. The van der Waals surface area contributed by atoms with Gasteiger partial charge in [0.25, 0.3) is 0 Å². The van der Waals surface area contributed by atoms with Gasteiger partial charge in [-0.2, -0.15) is 18.2 Å². The first-order valence-corrected chi connectivity index (χ1v) is 5.92. The highest BCUT2D eigenvalue weighted by atomic mass is 19.4. The van der Waals surface area contributed by atoms with Crippen molar-refractivity contribution in [2.75, 3.05) is 13.2 Å². The van der Waals surface area contributed by atoms with Crippen LogP contribution in [0.3, 0.4) is 0 Å². The Morgan fingerprint density at radius 2 is 2.21 bits per heavy atom. The van der Waals surface area contributed by atoms with E-state index in [1.807, 2.05) is 0 Å². The van der Waals surface area contributed by atoms with Crippen LogP contribution in [0.25, 0.3) is 0 Å². The van der Waals surface area contributed by atoms with Crippen LogP contribution >= 0.6 is 0 Å². The van der Waals surface area contributed by atoms with Crippen molar-refractivity contribution in [3.05, 3.63) is 11.7 Å². The van der Waals surface area contributed by atoms with E-state index in [0.717, 1.165) is 19.8 Å². The van der Waals surface area contributed by atoms with E-state index in [-0.39, 0.29) is 11.8 Å². The van der Waals surface area contributed by atoms with Gasteiger partial charge in [0.15, 0.2) is 5.82 Å². The lowest BCUT2D eigenvalue weighted by Gasteiger charge is -2.18. The molecule has 106 valence electrons. The number of hydrogen-bond acceptors (Lipinski definition) is 5. The number of aromatic nitrogens is 2. The second-order valence-electron chi connectivity index (χ2n) is 4.49. The van der Waals surface area contributed by atoms with Crippen LogP contribution in [0.2, 0.25) is 0 Å². The number of carbonyl (C=O) groups excluding carboxylic acids is 1. The van der Waals surface area contributed by atoms with Gasteiger partial charge in [0.2, 0.25) is 11.7 Å². The number of ketones is 1. The topological polar surface area (TPSA) is 65.2 Å². The molecule has 0 aromatic carbocycles. The number of Topliss-reactive ketones (excluding diaryl/α,β-unsaturated/α-hetero) is 1. The van der Waals surface area contributed by atoms with Crippen molar-refractivity contribution in [3.63, 3.8) is 0 Å². The zero-order valence-electron chi connectivity index (χ0n) is 10.2. The van der Waals surface area contributed by atoms with Crippen LogP contribution in [0, 0.1) is 0 Å². The SMILES string of the molecule is CC(C(=O)C(F)(F)F)c1nc(C2CCCOC2)no1. The monoisotopic (exact) mass is 278 g/mol. The molecule has 0 N–H and O–H groups in total. The Labute approximate surface area is 107 Å². The number of alkyl halides is 3. The maximum absolute atomic E-state index is 12.3. The van der Waals surface area contributed by atoms with Gasteiger partial charge in [-0.3, -0.25) is 4.79 Å². The number of halogens is 3. The maximum atomic E-state index is 12.3. The summed E-state index contributed by atoms with van der Waals surface area (Å²) in [4.78, 5) is 15.0. The highest BCUT2D eigenvalue weighted by Gasteiger charge is 2.44. The van der Waals surface area contributed by atoms with E-state index in [9.17, 15) is 18.0 Å². The van der Waals surface area contributed by atoms with Crippen molar-refractivity contribution in [2.24, 2.45) is 0 Å². The fourth-order valence-corrected chi connectivity index (χ4v) is 1.89. The molecular formula is C11H13F3N2O3. The van der Waals surface area contributed by atoms with Crippen LogP contribution in [-0.2, 0) is 9.53 Å². The molecule has 1 aromatic rings. The Morgan fingerprint density at radius 3 is 2.79 bits per heavy atom. The van der Waals surface area contributed by atoms with Crippen LogP contribution in [-0.4, -0.2) is 35.3 Å². The van der Waals surface area contributed by atoms with Crippen LogP contribution in [0.4, 0.5) is 13.2 Å². The van der Waals surface area contributed by atoms with E-state index in [1.165, 1.54) is 0 Å². The average molecular weight is 278 g/mol. The molecule has 1 aliphatic rings. The normalized spacial score (nSPS) is 22.2. The van der Waals surface area contributed by atoms with Gasteiger partial charge in [-0.1, -0.05) is 5.16 Å². The lowest BCUT2D eigenvalue weighted by molar-refractivity contribution is -0.172. The van der Waals surface area contributed by atoms with E-state index >= 15 is 0 Å². The van der Waals surface area contributed by atoms with Gasteiger partial charge in [0.05, 0.1) is 6.61 Å². The molecule has 2 heterocycles. The first kappa shape index (κ1) is 14.0. The lowest BCUT2D eigenvalue weighted by atomic mass is 10.0. The second kappa shape index (κ2) is 5.28. The van der Waals surface area contributed by atoms with Gasteiger partial charge in [0, 0.05) is 12.5 Å². The summed E-state index contributed by atoms with van der Waals surface area (Å²) in [6, 6.07) is 0. The molecule has 1 aromatic heterocycles. The maximum Gasteiger partial charge on any atom is 0.450 e. The van der Waals surface area contributed by atoms with E-state index in [2.05, 4.69) is 10.1 Å². The van der Waals surface area contributed by atoms with Gasteiger partial charge in [-0.25, -0.2) is 0 Å². The highest BCUT2D eigenvalue weighted by molar-refractivity contribution is 5.89. The fourth-order valence-electron chi connectivity index (χ4n) is 1.89. The predicted molar refractivity (Wildman–Crippen MR) is 56.6 cm³/mol. The van der Waals surface area contributed by atoms with E-state index < -0.39 is 17.9 Å². The number of carbonyl (C=O) groups is 1. The summed E-state index contributed by atoms with van der Waals surface area (Å²) in [7, 11) is 0. The van der Waals surface area contributed by atoms with Crippen LogP contribution in [0.15, 0.2) is 4.52 Å². The van der Waals surface area contributed by atoms with Crippen LogP contribution in [0.1, 0.15) is 43.3 Å². The molecule has 1 saturated heterocycles. The first-order chi connectivity index (χ1) is 8.89. The largest absolute Gasteiger partial charge is 0.450 e. The second-order valence-corrected chi connectivity index (χ2v) is 4.49. The van der Waals surface area contributed by atoms with Gasteiger partial charge < -0.3 is 9.26 Å². The molecule has 1 fully saturated rings. The van der Waals surface area contributed by atoms with Gasteiger partial charge in [-0.15, -0.1) is 0 Å². The number of ether oxygens (including phenoxy) is 1. The summed E-state index contributed by atoms with van der Waals surface area (Å²) in [5.41, 5.74) is 0. The molecule has 0 amide bonds. The Kier molecular flexibility index (Phi) is 3.88. The van der Waals surface area contributed by atoms with Gasteiger partial charge in [-0.05, 0) is 19.8 Å². The van der Waals surface area contributed by atoms with E-state index in [1.54, 1.807) is 0 Å². The van der Waals surface area contributed by atoms with Crippen LogP contribution < -0.4 is 0 Å². The summed E-state index contributed by atoms with van der Waals surface area (Å²) in [5.74, 6) is -3.45. The summed E-state index contributed by atoms with van der Waals surface area (Å²) in [6.07, 6.45) is -3.27. The fraction of sp³-hybridized carbons (Fsp3) is 0.727.